The maximum atomic E-state index is 12.6. The Morgan fingerprint density at radius 1 is 1.06 bits per heavy atom. The number of hydrogen-bond donors (Lipinski definition) is 0. The van der Waals surface area contributed by atoms with Crippen LogP contribution in [0.15, 0.2) is 66.7 Å². The molecule has 2 aromatic carbocycles. The van der Waals surface area contributed by atoms with Crippen molar-refractivity contribution in [2.24, 2.45) is 0 Å². The van der Waals surface area contributed by atoms with Gasteiger partial charge in [0.15, 0.2) is 0 Å². The molecule has 1 aliphatic heterocycles. The first kappa shape index (κ1) is 24.0. The van der Waals surface area contributed by atoms with Gasteiger partial charge in [0, 0.05) is 29.5 Å². The molecule has 0 spiro atoms. The predicted molar refractivity (Wildman–Crippen MR) is 139 cm³/mol. The van der Waals surface area contributed by atoms with Crippen molar-refractivity contribution in [2.45, 2.75) is 49.5 Å². The van der Waals surface area contributed by atoms with E-state index in [0.29, 0.717) is 13.0 Å². The maximum absolute atomic E-state index is 12.6. The van der Waals surface area contributed by atoms with Crippen molar-refractivity contribution in [1.29, 1.82) is 0 Å². The number of benzene rings is 2. The zero-order valence-electron chi connectivity index (χ0n) is 18.9. The lowest BCUT2D eigenvalue weighted by Crippen LogP contribution is -2.48. The molecule has 166 valence electrons. The number of hydrogen-bond acceptors (Lipinski definition) is 2. The van der Waals surface area contributed by atoms with E-state index < -0.39 is 0 Å². The number of rotatable bonds is 9. The molecule has 1 heterocycles. The van der Waals surface area contributed by atoms with Gasteiger partial charge in [-0.05, 0) is 56.0 Å². The molecule has 1 amide bonds. The van der Waals surface area contributed by atoms with E-state index in [2.05, 4.69) is 100.0 Å². The van der Waals surface area contributed by atoms with E-state index in [9.17, 15) is 4.79 Å². The summed E-state index contributed by atoms with van der Waals surface area (Å²) in [5.41, 5.74) is 3.97. The predicted octanol–water partition coefficient (Wildman–Crippen LogP) is 6.19. The minimum absolute atomic E-state index is 0.163. The van der Waals surface area contributed by atoms with Gasteiger partial charge in [0.1, 0.15) is 0 Å². The number of carbonyl (C=O) groups is 1. The van der Waals surface area contributed by atoms with E-state index in [1.54, 1.807) is 0 Å². The summed E-state index contributed by atoms with van der Waals surface area (Å²) < 4.78 is 0.163. The highest BCUT2D eigenvalue weighted by atomic mass is 127. The van der Waals surface area contributed by atoms with Crippen LogP contribution in [0.3, 0.4) is 0 Å². The third-order valence-corrected chi connectivity index (χ3v) is 7.71. The number of halogens is 1. The Morgan fingerprint density at radius 3 is 2.26 bits per heavy atom. The third-order valence-electron chi connectivity index (χ3n) is 6.29. The van der Waals surface area contributed by atoms with Crippen LogP contribution in [0.1, 0.15) is 50.7 Å². The van der Waals surface area contributed by atoms with Crippen molar-refractivity contribution in [2.75, 3.05) is 26.2 Å². The Kier molecular flexibility index (Phi) is 9.15. The number of nitrogens with zero attached hydrogens (tertiary/aromatic N) is 2. The van der Waals surface area contributed by atoms with Crippen molar-refractivity contribution in [3.63, 3.8) is 0 Å². The summed E-state index contributed by atoms with van der Waals surface area (Å²) in [6.07, 6.45) is 6.17. The molecule has 3 rings (SSSR count). The van der Waals surface area contributed by atoms with Crippen molar-refractivity contribution >= 4 is 34.1 Å². The van der Waals surface area contributed by atoms with E-state index in [4.69, 9.17) is 0 Å². The molecular weight excluding hydrogens is 495 g/mol. The van der Waals surface area contributed by atoms with Crippen LogP contribution in [0, 0.1) is 0 Å². The largest absolute Gasteiger partial charge is 0.337 e. The Hall–Kier alpha value is -1.66. The van der Waals surface area contributed by atoms with Gasteiger partial charge >= 0.3 is 0 Å². The zero-order chi connectivity index (χ0) is 22.1. The molecule has 1 aliphatic rings. The second-order valence-electron chi connectivity index (χ2n) is 8.51. The van der Waals surface area contributed by atoms with Gasteiger partial charge in [0.25, 0.3) is 0 Å². The molecule has 1 fully saturated rings. The Balaban J connectivity index is 1.53. The quantitative estimate of drug-likeness (QED) is 0.285. The zero-order valence-corrected chi connectivity index (χ0v) is 21.1. The van der Waals surface area contributed by atoms with E-state index in [-0.39, 0.29) is 9.33 Å². The highest BCUT2D eigenvalue weighted by Gasteiger charge is 2.34. The lowest BCUT2D eigenvalue weighted by molar-refractivity contribution is -0.132. The SMILES string of the molecule is C/C=C(/CCN1CCC(I)(CN(Cc2ccccc2)C(=O)CC)CC1)c1ccccc1. The molecule has 2 aromatic rings. The van der Waals surface area contributed by atoms with Crippen molar-refractivity contribution < 1.29 is 4.79 Å². The average Bonchev–Trinajstić information content (AvgIpc) is 2.81. The number of piperidine rings is 1. The number of alkyl halides is 1. The fourth-order valence-corrected chi connectivity index (χ4v) is 5.22. The summed E-state index contributed by atoms with van der Waals surface area (Å²) >= 11 is 2.63. The standard InChI is InChI=1S/C27H35IN2O/c1-3-24(25-13-9-6-10-14-25)15-18-29-19-16-27(28,17-20-29)22-30(26(31)4-2)21-23-11-7-5-8-12-23/h3,5-14H,4,15-22H2,1-2H3/b24-3-. The average molecular weight is 530 g/mol. The van der Waals surface area contributed by atoms with Crippen LogP contribution >= 0.6 is 22.6 Å². The molecule has 0 unspecified atom stereocenters. The lowest BCUT2D eigenvalue weighted by atomic mass is 9.94. The van der Waals surface area contributed by atoms with Gasteiger partial charge in [0.2, 0.25) is 5.91 Å². The van der Waals surface area contributed by atoms with Gasteiger partial charge in [-0.1, -0.05) is 96.3 Å². The van der Waals surface area contributed by atoms with Crippen LogP contribution in [-0.4, -0.2) is 45.3 Å². The molecule has 0 bridgehead atoms. The molecule has 1 saturated heterocycles. The minimum Gasteiger partial charge on any atom is -0.337 e. The van der Waals surface area contributed by atoms with Gasteiger partial charge in [-0.25, -0.2) is 0 Å². The lowest BCUT2D eigenvalue weighted by Gasteiger charge is -2.41. The van der Waals surface area contributed by atoms with Crippen molar-refractivity contribution in [1.82, 2.24) is 9.80 Å². The molecule has 0 saturated carbocycles. The Labute approximate surface area is 201 Å². The van der Waals surface area contributed by atoms with Crippen LogP contribution in [0.5, 0.6) is 0 Å². The second kappa shape index (κ2) is 11.8. The first-order chi connectivity index (χ1) is 15.0. The number of likely N-dealkylation sites (tertiary alicyclic amines) is 1. The molecule has 0 aromatic heterocycles. The first-order valence-corrected chi connectivity index (χ1v) is 12.5. The highest BCUT2D eigenvalue weighted by molar-refractivity contribution is 14.1. The molecule has 0 radical (unpaired) electrons. The summed E-state index contributed by atoms with van der Waals surface area (Å²) in [6.45, 7) is 8.97. The molecule has 0 aliphatic carbocycles. The molecule has 31 heavy (non-hydrogen) atoms. The number of carbonyl (C=O) groups excluding carboxylic acids is 1. The van der Waals surface area contributed by atoms with Gasteiger partial charge in [-0.2, -0.15) is 0 Å². The highest BCUT2D eigenvalue weighted by Crippen LogP contribution is 2.34. The fourth-order valence-electron chi connectivity index (χ4n) is 4.32. The van der Waals surface area contributed by atoms with Gasteiger partial charge in [0.05, 0.1) is 0 Å². The van der Waals surface area contributed by atoms with Crippen molar-refractivity contribution in [3.8, 4) is 0 Å². The normalized spacial score (nSPS) is 16.8. The Bertz CT molecular complexity index is 842. The summed E-state index contributed by atoms with van der Waals surface area (Å²) in [5.74, 6) is 0.253. The van der Waals surface area contributed by atoms with Crippen LogP contribution in [0.25, 0.3) is 5.57 Å². The van der Waals surface area contributed by atoms with Crippen molar-refractivity contribution in [3.05, 3.63) is 77.9 Å². The summed E-state index contributed by atoms with van der Waals surface area (Å²) in [6, 6.07) is 21.1. The number of amides is 1. The van der Waals surface area contributed by atoms with Crippen LogP contribution < -0.4 is 0 Å². The third kappa shape index (κ3) is 7.18. The van der Waals surface area contributed by atoms with Gasteiger partial charge in [-0.3, -0.25) is 4.79 Å². The van der Waals surface area contributed by atoms with Crippen LogP contribution in [0.2, 0.25) is 0 Å². The fraction of sp³-hybridized carbons (Fsp3) is 0.444. The summed E-state index contributed by atoms with van der Waals surface area (Å²) in [4.78, 5) is 17.3. The smallest absolute Gasteiger partial charge is 0.222 e. The van der Waals surface area contributed by atoms with Gasteiger partial charge in [-0.15, -0.1) is 0 Å². The van der Waals surface area contributed by atoms with Crippen LogP contribution in [0.4, 0.5) is 0 Å². The Morgan fingerprint density at radius 2 is 1.68 bits per heavy atom. The van der Waals surface area contributed by atoms with Gasteiger partial charge < -0.3 is 9.80 Å². The molecule has 3 nitrogen and oxygen atoms in total. The number of allylic oxidation sites excluding steroid dienone is 1. The maximum Gasteiger partial charge on any atom is 0.222 e. The molecule has 0 N–H and O–H groups in total. The monoisotopic (exact) mass is 530 g/mol. The van der Waals surface area contributed by atoms with E-state index in [0.717, 1.165) is 45.4 Å². The van der Waals surface area contributed by atoms with Crippen LogP contribution in [-0.2, 0) is 11.3 Å². The summed E-state index contributed by atoms with van der Waals surface area (Å²) in [5, 5.41) is 0. The topological polar surface area (TPSA) is 23.6 Å². The molecule has 0 atom stereocenters. The molecular formula is C27H35IN2O. The summed E-state index contributed by atoms with van der Waals surface area (Å²) in [7, 11) is 0. The first-order valence-electron chi connectivity index (χ1n) is 11.5. The second-order valence-corrected chi connectivity index (χ2v) is 10.8. The molecule has 4 heteroatoms. The van der Waals surface area contributed by atoms with E-state index >= 15 is 0 Å². The van der Waals surface area contributed by atoms with E-state index in [1.807, 2.05) is 13.0 Å². The van der Waals surface area contributed by atoms with E-state index in [1.165, 1.54) is 16.7 Å². The minimum atomic E-state index is 0.163.